The Hall–Kier alpha value is -1.93. The van der Waals surface area contributed by atoms with Crippen molar-refractivity contribution < 1.29 is 9.90 Å². The Morgan fingerprint density at radius 3 is 1.95 bits per heavy atom. The number of Topliss-reactive ketones (excluding diaryl/α,β-unsaturated/α-hetero) is 1. The molecular weight excluding hydrogens is 236 g/mol. The van der Waals surface area contributed by atoms with E-state index in [0.717, 1.165) is 5.56 Å². The minimum Gasteiger partial charge on any atom is -0.384 e. The second-order valence-corrected chi connectivity index (χ2v) is 5.22. The van der Waals surface area contributed by atoms with E-state index in [2.05, 4.69) is 0 Å². The first-order valence-corrected chi connectivity index (χ1v) is 6.36. The Morgan fingerprint density at radius 2 is 1.42 bits per heavy atom. The van der Waals surface area contributed by atoms with Gasteiger partial charge in [0.25, 0.3) is 0 Å². The van der Waals surface area contributed by atoms with Crippen LogP contribution < -0.4 is 0 Å². The Balaban J connectivity index is 2.29. The molecule has 2 aromatic rings. The molecule has 0 aliphatic carbocycles. The molecule has 0 aromatic heterocycles. The van der Waals surface area contributed by atoms with Gasteiger partial charge < -0.3 is 5.11 Å². The molecule has 2 rings (SSSR count). The summed E-state index contributed by atoms with van der Waals surface area (Å²) in [4.78, 5) is 12.3. The smallest absolute Gasteiger partial charge is 0.192 e. The fourth-order valence-electron chi connectivity index (χ4n) is 2.11. The standard InChI is InChI=1S/C17H18O2/c1-17(2,14-11-7-4-8-12-14)16(19)15(18)13-9-5-3-6-10-13/h3-12,16,19H,1-2H3. The third-order valence-electron chi connectivity index (χ3n) is 3.51. The molecule has 0 saturated heterocycles. The van der Waals surface area contributed by atoms with Gasteiger partial charge in [-0.15, -0.1) is 0 Å². The lowest BCUT2D eigenvalue weighted by atomic mass is 9.76. The highest BCUT2D eigenvalue weighted by Gasteiger charge is 2.35. The van der Waals surface area contributed by atoms with Crippen LogP contribution in [-0.2, 0) is 5.41 Å². The maximum Gasteiger partial charge on any atom is 0.192 e. The summed E-state index contributed by atoms with van der Waals surface area (Å²) in [6.07, 6.45) is -1.06. The van der Waals surface area contributed by atoms with E-state index in [1.165, 1.54) is 0 Å². The number of carbonyl (C=O) groups is 1. The first-order valence-electron chi connectivity index (χ1n) is 6.36. The van der Waals surface area contributed by atoms with Crippen molar-refractivity contribution in [2.75, 3.05) is 0 Å². The Labute approximate surface area is 113 Å². The van der Waals surface area contributed by atoms with Crippen LogP contribution in [0.5, 0.6) is 0 Å². The molecule has 1 N–H and O–H groups in total. The van der Waals surface area contributed by atoms with Crippen LogP contribution in [0.4, 0.5) is 0 Å². The fraction of sp³-hybridized carbons (Fsp3) is 0.235. The van der Waals surface area contributed by atoms with Crippen LogP contribution in [0.2, 0.25) is 0 Å². The second kappa shape index (κ2) is 5.37. The number of rotatable bonds is 4. The van der Waals surface area contributed by atoms with E-state index >= 15 is 0 Å². The zero-order valence-corrected chi connectivity index (χ0v) is 11.2. The van der Waals surface area contributed by atoms with Crippen molar-refractivity contribution >= 4 is 5.78 Å². The van der Waals surface area contributed by atoms with Gasteiger partial charge in [-0.25, -0.2) is 0 Å². The van der Waals surface area contributed by atoms with Gasteiger partial charge in [-0.2, -0.15) is 0 Å². The molecule has 98 valence electrons. The van der Waals surface area contributed by atoms with E-state index in [1.54, 1.807) is 24.3 Å². The molecule has 0 amide bonds. The highest BCUT2D eigenvalue weighted by atomic mass is 16.3. The van der Waals surface area contributed by atoms with Gasteiger partial charge in [-0.1, -0.05) is 74.5 Å². The molecule has 1 atom stereocenters. The van der Waals surface area contributed by atoms with Crippen LogP contribution >= 0.6 is 0 Å². The SMILES string of the molecule is CC(C)(c1ccccc1)C(O)C(=O)c1ccccc1. The molecule has 0 radical (unpaired) electrons. The summed E-state index contributed by atoms with van der Waals surface area (Å²) in [5, 5.41) is 10.4. The summed E-state index contributed by atoms with van der Waals surface area (Å²) in [5.41, 5.74) is 0.875. The molecule has 2 aromatic carbocycles. The van der Waals surface area contributed by atoms with E-state index in [0.29, 0.717) is 5.56 Å². The molecule has 0 aliphatic rings. The number of benzene rings is 2. The van der Waals surface area contributed by atoms with E-state index in [9.17, 15) is 9.90 Å². The Kier molecular flexibility index (Phi) is 3.82. The predicted octanol–water partition coefficient (Wildman–Crippen LogP) is 3.21. The first kappa shape index (κ1) is 13.5. The highest BCUT2D eigenvalue weighted by Crippen LogP contribution is 2.28. The van der Waals surface area contributed by atoms with E-state index in [1.807, 2.05) is 50.2 Å². The lowest BCUT2D eigenvalue weighted by Crippen LogP contribution is -2.40. The molecule has 2 heteroatoms. The van der Waals surface area contributed by atoms with Crippen molar-refractivity contribution in [2.45, 2.75) is 25.4 Å². The summed E-state index contributed by atoms with van der Waals surface area (Å²) >= 11 is 0. The molecule has 0 fully saturated rings. The van der Waals surface area contributed by atoms with Crippen molar-refractivity contribution in [3.05, 3.63) is 71.8 Å². The van der Waals surface area contributed by atoms with Crippen molar-refractivity contribution in [1.29, 1.82) is 0 Å². The van der Waals surface area contributed by atoms with Gasteiger partial charge in [0.05, 0.1) is 0 Å². The number of aliphatic hydroxyl groups excluding tert-OH is 1. The summed E-state index contributed by atoms with van der Waals surface area (Å²) in [6.45, 7) is 3.77. The molecule has 0 saturated carbocycles. The average molecular weight is 254 g/mol. The van der Waals surface area contributed by atoms with Crippen molar-refractivity contribution in [2.24, 2.45) is 0 Å². The monoisotopic (exact) mass is 254 g/mol. The van der Waals surface area contributed by atoms with Crippen LogP contribution in [0.1, 0.15) is 29.8 Å². The predicted molar refractivity (Wildman–Crippen MR) is 76.2 cm³/mol. The molecule has 0 bridgehead atoms. The maximum absolute atomic E-state index is 12.3. The fourth-order valence-corrected chi connectivity index (χ4v) is 2.11. The van der Waals surface area contributed by atoms with Gasteiger partial charge >= 0.3 is 0 Å². The molecule has 19 heavy (non-hydrogen) atoms. The maximum atomic E-state index is 12.3. The summed E-state index contributed by atoms with van der Waals surface area (Å²) in [7, 11) is 0. The van der Waals surface area contributed by atoms with Crippen molar-refractivity contribution in [3.8, 4) is 0 Å². The first-order chi connectivity index (χ1) is 9.03. The zero-order chi connectivity index (χ0) is 13.9. The minimum absolute atomic E-state index is 0.241. The van der Waals surface area contributed by atoms with Gasteiger partial charge in [-0.3, -0.25) is 4.79 Å². The number of carbonyl (C=O) groups excluding carboxylic acids is 1. The van der Waals surface area contributed by atoms with Crippen LogP contribution in [0, 0.1) is 0 Å². The second-order valence-electron chi connectivity index (χ2n) is 5.22. The largest absolute Gasteiger partial charge is 0.384 e. The quantitative estimate of drug-likeness (QED) is 0.851. The Bertz CT molecular complexity index is 544. The molecule has 0 aliphatic heterocycles. The van der Waals surface area contributed by atoms with Crippen molar-refractivity contribution in [1.82, 2.24) is 0 Å². The molecule has 0 heterocycles. The Morgan fingerprint density at radius 1 is 0.947 bits per heavy atom. The molecule has 1 unspecified atom stereocenters. The molecular formula is C17H18O2. The number of ketones is 1. The number of hydrogen-bond donors (Lipinski definition) is 1. The van der Waals surface area contributed by atoms with Gasteiger partial charge in [0.2, 0.25) is 0 Å². The van der Waals surface area contributed by atoms with Crippen molar-refractivity contribution in [3.63, 3.8) is 0 Å². The zero-order valence-electron chi connectivity index (χ0n) is 11.2. The van der Waals surface area contributed by atoms with Crippen LogP contribution in [0.3, 0.4) is 0 Å². The normalized spacial score (nSPS) is 13.0. The topological polar surface area (TPSA) is 37.3 Å². The lowest BCUT2D eigenvalue weighted by molar-refractivity contribution is 0.0578. The summed E-state index contributed by atoms with van der Waals surface area (Å²) in [5.74, 6) is -0.241. The lowest BCUT2D eigenvalue weighted by Gasteiger charge is -2.30. The average Bonchev–Trinajstić information content (AvgIpc) is 2.47. The third kappa shape index (κ3) is 2.74. The van der Waals surface area contributed by atoms with Gasteiger partial charge in [0.1, 0.15) is 6.10 Å². The minimum atomic E-state index is -1.06. The third-order valence-corrected chi connectivity index (χ3v) is 3.51. The van der Waals surface area contributed by atoms with Gasteiger partial charge in [-0.05, 0) is 5.56 Å². The molecule has 0 spiro atoms. The van der Waals surface area contributed by atoms with Crippen LogP contribution in [-0.4, -0.2) is 17.0 Å². The van der Waals surface area contributed by atoms with Gasteiger partial charge in [0, 0.05) is 11.0 Å². The number of hydrogen-bond acceptors (Lipinski definition) is 2. The van der Waals surface area contributed by atoms with E-state index < -0.39 is 11.5 Å². The highest BCUT2D eigenvalue weighted by molar-refractivity contribution is 6.00. The summed E-state index contributed by atoms with van der Waals surface area (Å²) < 4.78 is 0. The summed E-state index contributed by atoms with van der Waals surface area (Å²) in [6, 6.07) is 18.5. The number of aliphatic hydroxyl groups is 1. The van der Waals surface area contributed by atoms with Crippen LogP contribution in [0.25, 0.3) is 0 Å². The molecule has 2 nitrogen and oxygen atoms in total. The van der Waals surface area contributed by atoms with E-state index in [-0.39, 0.29) is 5.78 Å². The van der Waals surface area contributed by atoms with Gasteiger partial charge in [0.15, 0.2) is 5.78 Å². The van der Waals surface area contributed by atoms with E-state index in [4.69, 9.17) is 0 Å². The van der Waals surface area contributed by atoms with Crippen LogP contribution in [0.15, 0.2) is 60.7 Å².